The van der Waals surface area contributed by atoms with E-state index in [9.17, 15) is 4.79 Å². The lowest BCUT2D eigenvalue weighted by molar-refractivity contribution is -0.139. The average molecular weight is 302 g/mol. The number of nitrogens with one attached hydrogen (secondary N) is 1. The fourth-order valence-corrected chi connectivity index (χ4v) is 3.43. The zero-order chi connectivity index (χ0) is 15.2. The van der Waals surface area contributed by atoms with Crippen LogP contribution in [0.4, 0.5) is 0 Å². The number of hydrogen-bond acceptors (Lipinski definition) is 3. The third kappa shape index (κ3) is 4.08. The molecule has 0 aromatic heterocycles. The second-order valence-corrected chi connectivity index (χ2v) is 6.33. The van der Waals surface area contributed by atoms with Gasteiger partial charge in [-0.15, -0.1) is 0 Å². The van der Waals surface area contributed by atoms with Gasteiger partial charge < -0.3 is 15.0 Å². The second kappa shape index (κ2) is 7.75. The number of carbonyl (C=O) groups is 1. The van der Waals surface area contributed by atoms with Gasteiger partial charge in [0, 0.05) is 13.1 Å². The summed E-state index contributed by atoms with van der Waals surface area (Å²) in [4.78, 5) is 14.2. The minimum absolute atomic E-state index is 0.157. The molecule has 1 aromatic carbocycles. The third-order valence-corrected chi connectivity index (χ3v) is 4.85. The molecule has 0 unspecified atom stereocenters. The van der Waals surface area contributed by atoms with Gasteiger partial charge in [0.15, 0.2) is 0 Å². The first kappa shape index (κ1) is 15.5. The van der Waals surface area contributed by atoms with Gasteiger partial charge >= 0.3 is 0 Å². The fraction of sp³-hybridized carbons (Fsp3) is 0.611. The summed E-state index contributed by atoms with van der Waals surface area (Å²) in [5.41, 5.74) is 1.40. The Morgan fingerprint density at radius 2 is 1.77 bits per heavy atom. The Morgan fingerprint density at radius 3 is 2.45 bits per heavy atom. The largest absolute Gasteiger partial charge is 0.368 e. The van der Waals surface area contributed by atoms with Gasteiger partial charge in [0.25, 0.3) is 0 Å². The molecule has 1 N–H and O–H groups in total. The first-order chi connectivity index (χ1) is 10.8. The third-order valence-electron chi connectivity index (χ3n) is 4.85. The van der Waals surface area contributed by atoms with E-state index in [1.807, 2.05) is 4.90 Å². The van der Waals surface area contributed by atoms with Crippen LogP contribution >= 0.6 is 0 Å². The molecule has 2 heterocycles. The second-order valence-electron chi connectivity index (χ2n) is 6.33. The number of benzene rings is 1. The first-order valence-corrected chi connectivity index (χ1v) is 8.48. The summed E-state index contributed by atoms with van der Waals surface area (Å²) in [6, 6.07) is 10.6. The van der Waals surface area contributed by atoms with E-state index in [2.05, 4.69) is 35.6 Å². The summed E-state index contributed by atoms with van der Waals surface area (Å²) in [7, 11) is 0. The van der Waals surface area contributed by atoms with Gasteiger partial charge in [0.05, 0.1) is 6.10 Å². The zero-order valence-electron chi connectivity index (χ0n) is 13.2. The number of piperidine rings is 2. The van der Waals surface area contributed by atoms with E-state index in [-0.39, 0.29) is 18.6 Å². The number of nitrogens with zero attached hydrogens (tertiary/aromatic N) is 1. The first-order valence-electron chi connectivity index (χ1n) is 8.48. The lowest BCUT2D eigenvalue weighted by Crippen LogP contribution is -2.41. The Labute approximate surface area is 132 Å². The van der Waals surface area contributed by atoms with Crippen LogP contribution in [-0.4, -0.2) is 49.7 Å². The minimum atomic E-state index is 0.157. The van der Waals surface area contributed by atoms with E-state index in [1.54, 1.807) is 0 Å². The minimum Gasteiger partial charge on any atom is -0.368 e. The van der Waals surface area contributed by atoms with Gasteiger partial charge in [0.2, 0.25) is 5.91 Å². The van der Waals surface area contributed by atoms with Gasteiger partial charge in [-0.2, -0.15) is 0 Å². The molecule has 2 saturated heterocycles. The number of likely N-dealkylation sites (tertiary alicyclic amines) is 1. The van der Waals surface area contributed by atoms with E-state index in [1.165, 1.54) is 5.56 Å². The van der Waals surface area contributed by atoms with Crippen molar-refractivity contribution in [3.63, 3.8) is 0 Å². The number of carbonyl (C=O) groups excluding carboxylic acids is 1. The van der Waals surface area contributed by atoms with Crippen molar-refractivity contribution in [3.05, 3.63) is 35.9 Å². The lowest BCUT2D eigenvalue weighted by Gasteiger charge is -2.33. The van der Waals surface area contributed by atoms with Crippen molar-refractivity contribution >= 4 is 5.91 Å². The maximum absolute atomic E-state index is 12.3. The predicted octanol–water partition coefficient (Wildman–Crippen LogP) is 2.16. The molecule has 0 radical (unpaired) electrons. The number of rotatable bonds is 4. The molecular formula is C18H26N2O2. The standard InChI is InChI=1S/C18H26N2O2/c21-18(14-22-17-6-10-19-11-7-17)20-12-8-16(9-13-20)15-4-2-1-3-5-15/h1-5,16-17,19H,6-14H2. The van der Waals surface area contributed by atoms with Gasteiger partial charge in [0.1, 0.15) is 6.61 Å². The summed E-state index contributed by atoms with van der Waals surface area (Å²) in [5, 5.41) is 3.31. The lowest BCUT2D eigenvalue weighted by atomic mass is 9.89. The van der Waals surface area contributed by atoms with E-state index in [0.29, 0.717) is 5.92 Å². The summed E-state index contributed by atoms with van der Waals surface area (Å²) in [5.74, 6) is 0.751. The van der Waals surface area contributed by atoms with Crippen LogP contribution in [-0.2, 0) is 9.53 Å². The van der Waals surface area contributed by atoms with E-state index >= 15 is 0 Å². The molecule has 2 aliphatic heterocycles. The number of amides is 1. The molecule has 0 saturated carbocycles. The number of ether oxygens (including phenoxy) is 1. The smallest absolute Gasteiger partial charge is 0.248 e. The van der Waals surface area contributed by atoms with Crippen LogP contribution in [0, 0.1) is 0 Å². The molecule has 4 heteroatoms. The topological polar surface area (TPSA) is 41.6 Å². The predicted molar refractivity (Wildman–Crippen MR) is 86.8 cm³/mol. The Kier molecular flexibility index (Phi) is 5.46. The average Bonchev–Trinajstić information content (AvgIpc) is 2.61. The van der Waals surface area contributed by atoms with Crippen LogP contribution in [0.1, 0.15) is 37.2 Å². The maximum Gasteiger partial charge on any atom is 0.248 e. The molecule has 0 aliphatic carbocycles. The quantitative estimate of drug-likeness (QED) is 0.927. The van der Waals surface area contributed by atoms with Crippen molar-refractivity contribution < 1.29 is 9.53 Å². The Bertz CT molecular complexity index is 463. The van der Waals surface area contributed by atoms with Crippen LogP contribution in [0.5, 0.6) is 0 Å². The molecule has 1 aromatic rings. The maximum atomic E-state index is 12.3. The van der Waals surface area contributed by atoms with Crippen LogP contribution in [0.15, 0.2) is 30.3 Å². The Morgan fingerprint density at radius 1 is 1.09 bits per heavy atom. The highest BCUT2D eigenvalue weighted by Crippen LogP contribution is 2.27. The van der Waals surface area contributed by atoms with Crippen LogP contribution in [0.2, 0.25) is 0 Å². The van der Waals surface area contributed by atoms with Crippen LogP contribution in [0.3, 0.4) is 0 Å². The molecule has 2 aliphatic rings. The molecule has 0 bridgehead atoms. The molecule has 120 valence electrons. The highest BCUT2D eigenvalue weighted by molar-refractivity contribution is 5.77. The molecule has 2 fully saturated rings. The molecule has 3 rings (SSSR count). The van der Waals surface area contributed by atoms with Crippen molar-refractivity contribution in [2.75, 3.05) is 32.8 Å². The summed E-state index contributed by atoms with van der Waals surface area (Å²) in [6.07, 6.45) is 4.41. The van der Waals surface area contributed by atoms with Gasteiger partial charge in [-0.1, -0.05) is 30.3 Å². The molecule has 22 heavy (non-hydrogen) atoms. The monoisotopic (exact) mass is 302 g/mol. The zero-order valence-corrected chi connectivity index (χ0v) is 13.2. The summed E-state index contributed by atoms with van der Waals surface area (Å²) >= 11 is 0. The van der Waals surface area contributed by atoms with Crippen molar-refractivity contribution in [3.8, 4) is 0 Å². The molecule has 4 nitrogen and oxygen atoms in total. The van der Waals surface area contributed by atoms with Crippen LogP contribution < -0.4 is 5.32 Å². The summed E-state index contributed by atoms with van der Waals surface area (Å²) in [6.45, 7) is 3.96. The van der Waals surface area contributed by atoms with E-state index < -0.39 is 0 Å². The van der Waals surface area contributed by atoms with Gasteiger partial charge in [-0.25, -0.2) is 0 Å². The molecular weight excluding hydrogens is 276 g/mol. The number of hydrogen-bond donors (Lipinski definition) is 1. The normalized spacial score (nSPS) is 21.0. The SMILES string of the molecule is O=C(COC1CCNCC1)N1CCC(c2ccccc2)CC1. The van der Waals surface area contributed by atoms with E-state index in [0.717, 1.165) is 51.9 Å². The van der Waals surface area contributed by atoms with Crippen molar-refractivity contribution in [1.29, 1.82) is 0 Å². The van der Waals surface area contributed by atoms with E-state index in [4.69, 9.17) is 4.74 Å². The van der Waals surface area contributed by atoms with Crippen molar-refractivity contribution in [1.82, 2.24) is 10.2 Å². The molecule has 0 spiro atoms. The van der Waals surface area contributed by atoms with Gasteiger partial charge in [-0.05, 0) is 50.3 Å². The van der Waals surface area contributed by atoms with Crippen LogP contribution in [0.25, 0.3) is 0 Å². The Balaban J connectivity index is 1.41. The molecule has 1 amide bonds. The highest BCUT2D eigenvalue weighted by Gasteiger charge is 2.24. The van der Waals surface area contributed by atoms with Gasteiger partial charge in [-0.3, -0.25) is 4.79 Å². The summed E-state index contributed by atoms with van der Waals surface area (Å²) < 4.78 is 5.78. The highest BCUT2D eigenvalue weighted by atomic mass is 16.5. The Hall–Kier alpha value is -1.39. The van der Waals surface area contributed by atoms with Crippen molar-refractivity contribution in [2.24, 2.45) is 0 Å². The molecule has 0 atom stereocenters. The van der Waals surface area contributed by atoms with Crippen molar-refractivity contribution in [2.45, 2.75) is 37.7 Å². The fourth-order valence-electron chi connectivity index (χ4n) is 3.43.